The minimum Gasteiger partial charge on any atom is -0.384 e. The number of amidine groups is 1. The van der Waals surface area contributed by atoms with Crippen molar-refractivity contribution < 1.29 is 0 Å². The van der Waals surface area contributed by atoms with Gasteiger partial charge in [0.1, 0.15) is 5.84 Å². The Morgan fingerprint density at radius 1 is 1.62 bits per heavy atom. The van der Waals surface area contributed by atoms with Crippen molar-refractivity contribution in [3.05, 3.63) is 24.8 Å². The molecule has 0 aromatic carbocycles. The Hall–Kier alpha value is -0.760. The third kappa shape index (κ3) is 3.43. The van der Waals surface area contributed by atoms with Crippen LogP contribution in [-0.4, -0.2) is 5.84 Å². The third-order valence-corrected chi connectivity index (χ3v) is 0.592. The molecule has 0 spiro atoms. The minimum absolute atomic E-state index is 0. The fraction of sp³-hybridized carbons (Fsp3) is 0. The molecule has 0 radical (unpaired) electrons. The summed E-state index contributed by atoms with van der Waals surface area (Å²) in [5.41, 5.74) is 5.43. The van der Waals surface area contributed by atoms with E-state index in [0.717, 1.165) is 0 Å². The summed E-state index contributed by atoms with van der Waals surface area (Å²) in [5, 5.41) is 6.71. The Balaban J connectivity index is 0. The van der Waals surface area contributed by atoms with Crippen LogP contribution < -0.4 is 5.73 Å². The molecule has 0 aliphatic rings. The maximum Gasteiger partial charge on any atom is 0.122 e. The van der Waals surface area contributed by atoms with Crippen LogP contribution in [0, 0.1) is 5.41 Å². The van der Waals surface area contributed by atoms with E-state index < -0.39 is 0 Å². The number of hydrogen-bond acceptors (Lipinski definition) is 1. The van der Waals surface area contributed by atoms with Gasteiger partial charge >= 0.3 is 0 Å². The summed E-state index contributed by atoms with van der Waals surface area (Å²) in [7, 11) is 0. The molecule has 0 saturated carbocycles. The van der Waals surface area contributed by atoms with Crippen LogP contribution in [0.3, 0.4) is 0 Å². The first-order valence-electron chi connectivity index (χ1n) is 1.84. The molecule has 0 saturated heterocycles. The van der Waals surface area contributed by atoms with E-state index in [2.05, 4.69) is 13.2 Å². The number of nitrogens with two attached hydrogens (primary N) is 1. The zero-order valence-electron chi connectivity index (χ0n) is 4.48. The zero-order chi connectivity index (χ0) is 5.86. The second-order valence-electron chi connectivity index (χ2n) is 1.14. The van der Waals surface area contributed by atoms with Gasteiger partial charge in [-0.3, -0.25) is 5.41 Å². The van der Waals surface area contributed by atoms with Crippen molar-refractivity contribution in [3.63, 3.8) is 0 Å². The van der Waals surface area contributed by atoms with E-state index in [1.807, 2.05) is 0 Å². The summed E-state index contributed by atoms with van der Waals surface area (Å²) < 4.78 is 0. The van der Waals surface area contributed by atoms with Gasteiger partial charge in [-0.05, 0) is 0 Å². The van der Waals surface area contributed by atoms with Gasteiger partial charge in [-0.2, -0.15) is 0 Å². The Morgan fingerprint density at radius 3 is 2.00 bits per heavy atom. The van der Waals surface area contributed by atoms with Gasteiger partial charge in [0.25, 0.3) is 0 Å². The lowest BCUT2D eigenvalue weighted by molar-refractivity contribution is 1.44. The van der Waals surface area contributed by atoms with E-state index in [-0.39, 0.29) is 18.2 Å². The molecule has 3 N–H and O–H groups in total. The fourth-order valence-electron chi connectivity index (χ4n) is 0.110. The van der Waals surface area contributed by atoms with E-state index in [4.69, 9.17) is 11.1 Å². The average molecular weight is 133 g/mol. The molecule has 0 aliphatic carbocycles. The molecule has 0 amide bonds. The predicted molar refractivity (Wildman–Crippen MR) is 38.5 cm³/mol. The standard InChI is InChI=1S/C5H8N2.ClH/c1-3-4(2)5(6)7;/h3H,1-2H2,(H3,6,7);1H. The molecule has 0 aromatic rings. The second kappa shape index (κ2) is 4.40. The highest BCUT2D eigenvalue weighted by atomic mass is 35.5. The molecule has 2 nitrogen and oxygen atoms in total. The fourth-order valence-corrected chi connectivity index (χ4v) is 0.110. The quantitative estimate of drug-likeness (QED) is 0.330. The smallest absolute Gasteiger partial charge is 0.122 e. The Kier molecular flexibility index (Phi) is 5.65. The maximum atomic E-state index is 6.71. The van der Waals surface area contributed by atoms with Gasteiger partial charge in [0.05, 0.1) is 0 Å². The van der Waals surface area contributed by atoms with E-state index >= 15 is 0 Å². The van der Waals surface area contributed by atoms with Crippen molar-refractivity contribution in [1.29, 1.82) is 5.41 Å². The second-order valence-corrected chi connectivity index (χ2v) is 1.14. The van der Waals surface area contributed by atoms with Crippen LogP contribution in [-0.2, 0) is 0 Å². The number of nitrogens with one attached hydrogen (secondary N) is 1. The molecular weight excluding hydrogens is 124 g/mol. The van der Waals surface area contributed by atoms with Crippen molar-refractivity contribution >= 4 is 18.2 Å². The van der Waals surface area contributed by atoms with Crippen LogP contribution in [0.5, 0.6) is 0 Å². The first kappa shape index (κ1) is 10.3. The highest BCUT2D eigenvalue weighted by molar-refractivity contribution is 5.96. The largest absolute Gasteiger partial charge is 0.384 e. The Morgan fingerprint density at radius 2 is 2.00 bits per heavy atom. The van der Waals surface area contributed by atoms with Gasteiger partial charge in [-0.1, -0.05) is 19.2 Å². The lowest BCUT2D eigenvalue weighted by atomic mass is 10.3. The Bertz CT molecular complexity index is 118. The van der Waals surface area contributed by atoms with Crippen molar-refractivity contribution in [2.24, 2.45) is 5.73 Å². The van der Waals surface area contributed by atoms with Gasteiger partial charge in [0, 0.05) is 5.57 Å². The van der Waals surface area contributed by atoms with Crippen molar-refractivity contribution in [1.82, 2.24) is 0 Å². The van der Waals surface area contributed by atoms with Crippen LogP contribution in [0.4, 0.5) is 0 Å². The van der Waals surface area contributed by atoms with Gasteiger partial charge < -0.3 is 5.73 Å². The lowest BCUT2D eigenvalue weighted by Crippen LogP contribution is -2.09. The maximum absolute atomic E-state index is 6.71. The highest BCUT2D eigenvalue weighted by Crippen LogP contribution is 1.85. The topological polar surface area (TPSA) is 49.9 Å². The normalized spacial score (nSPS) is 6.50. The van der Waals surface area contributed by atoms with Gasteiger partial charge in [-0.15, -0.1) is 12.4 Å². The van der Waals surface area contributed by atoms with Crippen molar-refractivity contribution in [3.8, 4) is 0 Å². The monoisotopic (exact) mass is 132 g/mol. The van der Waals surface area contributed by atoms with Crippen LogP contribution in [0.2, 0.25) is 0 Å². The van der Waals surface area contributed by atoms with Crippen LogP contribution in [0.1, 0.15) is 0 Å². The van der Waals surface area contributed by atoms with Crippen molar-refractivity contribution in [2.75, 3.05) is 0 Å². The first-order valence-corrected chi connectivity index (χ1v) is 1.84. The highest BCUT2D eigenvalue weighted by Gasteiger charge is 1.84. The summed E-state index contributed by atoms with van der Waals surface area (Å²) in [6.45, 7) is 6.77. The van der Waals surface area contributed by atoms with E-state index in [9.17, 15) is 0 Å². The Labute approximate surface area is 55.0 Å². The SMILES string of the molecule is C=CC(=C)C(=N)N.Cl. The first-order chi connectivity index (χ1) is 3.18. The molecule has 3 heteroatoms. The van der Waals surface area contributed by atoms with Gasteiger partial charge in [0.2, 0.25) is 0 Å². The zero-order valence-corrected chi connectivity index (χ0v) is 5.29. The molecule has 0 rings (SSSR count). The van der Waals surface area contributed by atoms with E-state index in [0.29, 0.717) is 5.57 Å². The average Bonchev–Trinajstić information content (AvgIpc) is 1.65. The predicted octanol–water partition coefficient (Wildman–Crippen LogP) is 1.09. The van der Waals surface area contributed by atoms with Crippen LogP contribution in [0.15, 0.2) is 24.8 Å². The number of rotatable bonds is 2. The number of halogens is 1. The summed E-state index contributed by atoms with van der Waals surface area (Å²) in [5.74, 6) is -0.0185. The summed E-state index contributed by atoms with van der Waals surface area (Å²) in [4.78, 5) is 0. The van der Waals surface area contributed by atoms with E-state index in [1.165, 1.54) is 6.08 Å². The molecule has 0 heterocycles. The molecule has 0 atom stereocenters. The van der Waals surface area contributed by atoms with Crippen LogP contribution in [0.25, 0.3) is 0 Å². The van der Waals surface area contributed by atoms with E-state index in [1.54, 1.807) is 0 Å². The molecule has 0 bridgehead atoms. The molecular formula is C5H9ClN2. The summed E-state index contributed by atoms with van der Waals surface area (Å²) in [6, 6.07) is 0. The molecule has 0 aliphatic heterocycles. The molecule has 46 valence electrons. The number of hydrogen-bond donors (Lipinski definition) is 2. The van der Waals surface area contributed by atoms with Gasteiger partial charge in [-0.25, -0.2) is 0 Å². The van der Waals surface area contributed by atoms with Gasteiger partial charge in [0.15, 0.2) is 0 Å². The summed E-state index contributed by atoms with van der Waals surface area (Å²) in [6.07, 6.45) is 1.45. The summed E-state index contributed by atoms with van der Waals surface area (Å²) >= 11 is 0. The third-order valence-electron chi connectivity index (χ3n) is 0.592. The molecule has 0 fully saturated rings. The van der Waals surface area contributed by atoms with Crippen LogP contribution >= 0.6 is 12.4 Å². The lowest BCUT2D eigenvalue weighted by Gasteiger charge is -1.89. The molecule has 0 aromatic heterocycles. The minimum atomic E-state index is -0.0185. The van der Waals surface area contributed by atoms with Crippen molar-refractivity contribution in [2.45, 2.75) is 0 Å². The molecule has 0 unspecified atom stereocenters. The molecule has 8 heavy (non-hydrogen) atoms.